The van der Waals surface area contributed by atoms with Gasteiger partial charge >= 0.3 is 0 Å². The van der Waals surface area contributed by atoms with Crippen molar-refractivity contribution in [1.29, 1.82) is 0 Å². The molecule has 5 rings (SSSR count). The zero-order valence-corrected chi connectivity index (χ0v) is 20.9. The molecule has 0 spiro atoms. The van der Waals surface area contributed by atoms with Crippen LogP contribution in [0.4, 0.5) is 0 Å². The Morgan fingerprint density at radius 1 is 0.914 bits per heavy atom. The molecule has 2 aromatic carbocycles. The Hall–Kier alpha value is -3.71. The van der Waals surface area contributed by atoms with E-state index in [1.165, 1.54) is 16.9 Å². The summed E-state index contributed by atoms with van der Waals surface area (Å²) in [5, 5.41) is 0.622. The van der Waals surface area contributed by atoms with Gasteiger partial charge in [0.1, 0.15) is 5.01 Å². The molecule has 1 atom stereocenters. The number of pyridine rings is 1. The Bertz CT molecular complexity index is 1480. The van der Waals surface area contributed by atoms with E-state index in [0.717, 1.165) is 21.7 Å². The molecular formula is C28H26N2O4S. The molecule has 0 unspecified atom stereocenters. The quantitative estimate of drug-likeness (QED) is 0.391. The Labute approximate surface area is 207 Å². The zero-order chi connectivity index (χ0) is 24.7. The molecule has 0 amide bonds. The van der Waals surface area contributed by atoms with Gasteiger partial charge in [0, 0.05) is 28.1 Å². The summed E-state index contributed by atoms with van der Waals surface area (Å²) >= 11 is 1.47. The van der Waals surface area contributed by atoms with Crippen LogP contribution in [-0.2, 0) is 6.42 Å². The molecule has 4 aromatic rings. The molecule has 35 heavy (non-hydrogen) atoms. The number of rotatable bonds is 5. The molecule has 0 bridgehead atoms. The number of hydrogen-bond donors (Lipinski definition) is 1. The summed E-state index contributed by atoms with van der Waals surface area (Å²) in [5.74, 6) is 1.22. The minimum absolute atomic E-state index is 0.00979. The van der Waals surface area contributed by atoms with E-state index in [-0.39, 0.29) is 17.3 Å². The van der Waals surface area contributed by atoms with Gasteiger partial charge in [0.25, 0.3) is 5.56 Å². The number of H-pyrrole nitrogens is 1. The van der Waals surface area contributed by atoms with Crippen LogP contribution in [0.15, 0.2) is 53.3 Å². The Morgan fingerprint density at radius 3 is 2.37 bits per heavy atom. The number of carbonyl (C=O) groups is 1. The normalized spacial score (nSPS) is 15.1. The number of ether oxygens (including phenoxy) is 2. The number of fused-ring (bicyclic) bond motifs is 1. The number of methoxy groups -OCH3 is 2. The maximum absolute atomic E-state index is 13.2. The van der Waals surface area contributed by atoms with Crippen molar-refractivity contribution in [2.45, 2.75) is 32.6 Å². The number of benzene rings is 2. The molecule has 2 aromatic heterocycles. The lowest BCUT2D eigenvalue weighted by Crippen LogP contribution is -2.24. The largest absolute Gasteiger partial charge is 0.493 e. The van der Waals surface area contributed by atoms with Crippen LogP contribution >= 0.6 is 11.3 Å². The average molecular weight is 487 g/mol. The minimum Gasteiger partial charge on any atom is -0.493 e. The van der Waals surface area contributed by atoms with Gasteiger partial charge in [-0.2, -0.15) is 0 Å². The van der Waals surface area contributed by atoms with E-state index < -0.39 is 0 Å². The van der Waals surface area contributed by atoms with Gasteiger partial charge in [0.15, 0.2) is 17.3 Å². The molecule has 2 heterocycles. The van der Waals surface area contributed by atoms with Crippen LogP contribution < -0.4 is 15.0 Å². The van der Waals surface area contributed by atoms with Crippen LogP contribution in [0.1, 0.15) is 44.4 Å². The van der Waals surface area contributed by atoms with Crippen molar-refractivity contribution in [2.24, 2.45) is 0 Å². The first-order valence-electron chi connectivity index (χ1n) is 11.4. The lowest BCUT2D eigenvalue weighted by Gasteiger charge is -2.24. The molecule has 0 aliphatic heterocycles. The summed E-state index contributed by atoms with van der Waals surface area (Å²) in [7, 11) is 3.18. The van der Waals surface area contributed by atoms with Gasteiger partial charge in [-0.1, -0.05) is 35.9 Å². The lowest BCUT2D eigenvalue weighted by molar-refractivity contribution is 0.0963. The molecule has 6 nitrogen and oxygen atoms in total. The highest BCUT2D eigenvalue weighted by Gasteiger charge is 2.29. The van der Waals surface area contributed by atoms with E-state index >= 15 is 0 Å². The molecular weight excluding hydrogens is 460 g/mol. The number of aromatic amines is 1. The smallest absolute Gasteiger partial charge is 0.258 e. The van der Waals surface area contributed by atoms with E-state index in [2.05, 4.69) is 4.98 Å². The molecule has 1 aliphatic carbocycles. The molecule has 1 N–H and O–H groups in total. The summed E-state index contributed by atoms with van der Waals surface area (Å²) in [6.45, 7) is 4.05. The lowest BCUT2D eigenvalue weighted by atomic mass is 9.81. The number of thiazole rings is 1. The Morgan fingerprint density at radius 2 is 1.66 bits per heavy atom. The summed E-state index contributed by atoms with van der Waals surface area (Å²) in [4.78, 5) is 35.1. The second-order valence-electron chi connectivity index (χ2n) is 8.84. The Balaban J connectivity index is 1.49. The fraction of sp³-hybridized carbons (Fsp3) is 0.250. The fourth-order valence-electron chi connectivity index (χ4n) is 4.62. The van der Waals surface area contributed by atoms with Gasteiger partial charge < -0.3 is 14.5 Å². The molecule has 0 radical (unpaired) electrons. The number of hydrogen-bond acceptors (Lipinski definition) is 6. The maximum Gasteiger partial charge on any atom is 0.258 e. The first-order valence-corrected chi connectivity index (χ1v) is 12.3. The van der Waals surface area contributed by atoms with Crippen LogP contribution in [-0.4, -0.2) is 30.0 Å². The molecule has 1 aliphatic rings. The number of Topliss-reactive ketones (excluding diaryl/α,β-unsaturated/α-hetero) is 1. The molecule has 178 valence electrons. The van der Waals surface area contributed by atoms with Crippen molar-refractivity contribution >= 4 is 17.1 Å². The highest BCUT2D eigenvalue weighted by atomic mass is 32.1. The topological polar surface area (TPSA) is 81.3 Å². The summed E-state index contributed by atoms with van der Waals surface area (Å²) in [6.07, 6.45) is 0.928. The first kappa shape index (κ1) is 23.1. The van der Waals surface area contributed by atoms with Gasteiger partial charge in [0.05, 0.1) is 25.5 Å². The molecule has 0 fully saturated rings. The Kier molecular flexibility index (Phi) is 6.03. The van der Waals surface area contributed by atoms with E-state index in [1.807, 2.05) is 56.3 Å². The van der Waals surface area contributed by atoms with Crippen molar-refractivity contribution in [3.63, 3.8) is 0 Å². The fourth-order valence-corrected chi connectivity index (χ4v) is 5.57. The van der Waals surface area contributed by atoms with Crippen molar-refractivity contribution in [2.75, 3.05) is 14.2 Å². The predicted octanol–water partition coefficient (Wildman–Crippen LogP) is 5.71. The third-order valence-corrected chi connectivity index (χ3v) is 7.54. The number of nitrogens with zero attached hydrogens (tertiary/aromatic N) is 1. The van der Waals surface area contributed by atoms with Crippen molar-refractivity contribution < 1.29 is 14.3 Å². The van der Waals surface area contributed by atoms with Crippen molar-refractivity contribution in [3.05, 3.63) is 86.1 Å². The average Bonchev–Trinajstić information content (AvgIpc) is 3.24. The van der Waals surface area contributed by atoms with Crippen molar-refractivity contribution in [1.82, 2.24) is 9.97 Å². The SMILES string of the molecule is COc1ccc([C@H]2CC(=O)c3cc(-c4nc(-c5ccc(C)cc5)c(C)s4)c(=O)[nH]c3C2)cc1OC. The van der Waals surface area contributed by atoms with E-state index in [1.54, 1.807) is 20.3 Å². The summed E-state index contributed by atoms with van der Waals surface area (Å²) in [5.41, 5.74) is 5.48. The highest BCUT2D eigenvalue weighted by Crippen LogP contribution is 2.38. The van der Waals surface area contributed by atoms with Crippen LogP contribution in [0.5, 0.6) is 11.5 Å². The van der Waals surface area contributed by atoms with Crippen LogP contribution in [0, 0.1) is 13.8 Å². The van der Waals surface area contributed by atoms with Crippen LogP contribution in [0.3, 0.4) is 0 Å². The summed E-state index contributed by atoms with van der Waals surface area (Å²) < 4.78 is 10.7. The van der Waals surface area contributed by atoms with E-state index in [0.29, 0.717) is 46.2 Å². The van der Waals surface area contributed by atoms with Gasteiger partial charge in [-0.25, -0.2) is 4.98 Å². The van der Waals surface area contributed by atoms with Crippen molar-refractivity contribution in [3.8, 4) is 33.3 Å². The summed E-state index contributed by atoms with van der Waals surface area (Å²) in [6, 6.07) is 15.6. The monoisotopic (exact) mass is 486 g/mol. The van der Waals surface area contributed by atoms with Gasteiger partial charge in [-0.15, -0.1) is 11.3 Å². The maximum atomic E-state index is 13.2. The number of aromatic nitrogens is 2. The minimum atomic E-state index is -0.228. The highest BCUT2D eigenvalue weighted by molar-refractivity contribution is 7.15. The number of carbonyl (C=O) groups excluding carboxylic acids is 1. The van der Waals surface area contributed by atoms with E-state index in [4.69, 9.17) is 14.5 Å². The van der Waals surface area contributed by atoms with Gasteiger partial charge in [0.2, 0.25) is 0 Å². The van der Waals surface area contributed by atoms with E-state index in [9.17, 15) is 9.59 Å². The second-order valence-corrected chi connectivity index (χ2v) is 10.0. The van der Waals surface area contributed by atoms with Crippen LogP contribution in [0.25, 0.3) is 21.8 Å². The molecule has 0 saturated carbocycles. The zero-order valence-electron chi connectivity index (χ0n) is 20.1. The third kappa shape index (κ3) is 4.28. The molecule has 7 heteroatoms. The molecule has 0 saturated heterocycles. The van der Waals surface area contributed by atoms with Crippen LogP contribution in [0.2, 0.25) is 0 Å². The van der Waals surface area contributed by atoms with Gasteiger partial charge in [-0.05, 0) is 49.9 Å². The second kappa shape index (κ2) is 9.15. The number of aryl methyl sites for hydroxylation is 2. The third-order valence-electron chi connectivity index (χ3n) is 6.54. The van der Waals surface area contributed by atoms with Gasteiger partial charge in [-0.3, -0.25) is 9.59 Å². The standard InChI is InChI=1S/C28H26N2O4S/c1-15-5-7-17(8-6-15)26-16(2)35-28(30-26)21-14-20-22(29-27(21)32)11-19(12-23(20)31)18-9-10-24(33-3)25(13-18)34-4/h5-10,13-14,19H,11-12H2,1-4H3,(H,29,32)/t19-/m1/s1. The number of ketones is 1. The first-order chi connectivity index (χ1) is 16.9. The predicted molar refractivity (Wildman–Crippen MR) is 138 cm³/mol. The number of nitrogens with one attached hydrogen (secondary N) is 1.